The molecule has 128 valence electrons. The smallest absolute Gasteiger partial charge is 0.347 e. The monoisotopic (exact) mass is 348 g/mol. The lowest BCUT2D eigenvalue weighted by Crippen LogP contribution is -2.47. The molecule has 0 aliphatic heterocycles. The van der Waals surface area contributed by atoms with E-state index in [-0.39, 0.29) is 0 Å². The molecule has 1 aromatic carbocycles. The van der Waals surface area contributed by atoms with Gasteiger partial charge in [-0.25, -0.2) is 0 Å². The predicted molar refractivity (Wildman–Crippen MR) is 83.1 cm³/mol. The molecule has 1 atom stereocenters. The van der Waals surface area contributed by atoms with Crippen molar-refractivity contribution in [1.82, 2.24) is 9.80 Å². The summed E-state index contributed by atoms with van der Waals surface area (Å²) in [5.41, 5.74) is 0. The van der Waals surface area contributed by atoms with E-state index in [2.05, 4.69) is 0 Å². The van der Waals surface area contributed by atoms with Crippen molar-refractivity contribution in [3.63, 3.8) is 0 Å². The van der Waals surface area contributed by atoms with Gasteiger partial charge in [-0.1, -0.05) is 18.2 Å². The Morgan fingerprint density at radius 3 is 2.22 bits per heavy atom. The fourth-order valence-electron chi connectivity index (χ4n) is 1.74. The molecule has 0 saturated carbocycles. The summed E-state index contributed by atoms with van der Waals surface area (Å²) in [7, 11) is 2.86. The lowest BCUT2D eigenvalue weighted by atomic mass is 10.3. The van der Waals surface area contributed by atoms with E-state index in [1.807, 2.05) is 6.07 Å². The molecule has 2 amide bonds. The number of rotatable bonds is 6. The van der Waals surface area contributed by atoms with Gasteiger partial charge in [-0.3, -0.25) is 9.59 Å². The van der Waals surface area contributed by atoms with Crippen molar-refractivity contribution in [2.45, 2.75) is 23.2 Å². The highest BCUT2D eigenvalue weighted by atomic mass is 32.2. The second-order valence-electron chi connectivity index (χ2n) is 5.17. The lowest BCUT2D eigenvalue weighted by Gasteiger charge is -2.27. The summed E-state index contributed by atoms with van der Waals surface area (Å²) < 4.78 is 38.0. The molecule has 1 unspecified atom stereocenters. The maximum atomic E-state index is 12.7. The summed E-state index contributed by atoms with van der Waals surface area (Å²) in [4.78, 5) is 26.5. The third-order valence-corrected chi connectivity index (χ3v) is 4.01. The molecule has 8 heteroatoms. The fraction of sp³-hybridized carbons (Fsp3) is 0.467. The van der Waals surface area contributed by atoms with Crippen LogP contribution in [0.4, 0.5) is 13.2 Å². The average Bonchev–Trinajstić information content (AvgIpc) is 2.45. The van der Waals surface area contributed by atoms with Crippen LogP contribution in [0.2, 0.25) is 0 Å². The number of alkyl halides is 3. The highest BCUT2D eigenvalue weighted by Crippen LogP contribution is 2.25. The zero-order chi connectivity index (χ0) is 17.6. The van der Waals surface area contributed by atoms with Crippen LogP contribution in [0.25, 0.3) is 0 Å². The van der Waals surface area contributed by atoms with Crippen LogP contribution in [0.15, 0.2) is 35.2 Å². The van der Waals surface area contributed by atoms with E-state index in [9.17, 15) is 22.8 Å². The van der Waals surface area contributed by atoms with Crippen LogP contribution in [-0.4, -0.2) is 60.2 Å². The van der Waals surface area contributed by atoms with E-state index in [4.69, 9.17) is 0 Å². The Hall–Kier alpha value is -1.70. The number of hydrogen-bond donors (Lipinski definition) is 0. The van der Waals surface area contributed by atoms with Crippen LogP contribution in [0, 0.1) is 0 Å². The molecule has 0 bridgehead atoms. The van der Waals surface area contributed by atoms with E-state index in [1.54, 1.807) is 24.3 Å². The van der Waals surface area contributed by atoms with E-state index in [0.717, 1.165) is 21.6 Å². The van der Waals surface area contributed by atoms with Crippen molar-refractivity contribution >= 4 is 23.6 Å². The van der Waals surface area contributed by atoms with Gasteiger partial charge < -0.3 is 9.80 Å². The van der Waals surface area contributed by atoms with E-state index in [1.165, 1.54) is 21.0 Å². The Morgan fingerprint density at radius 2 is 1.74 bits per heavy atom. The number of benzene rings is 1. The van der Waals surface area contributed by atoms with Crippen LogP contribution < -0.4 is 0 Å². The molecule has 1 aromatic rings. The molecule has 0 heterocycles. The van der Waals surface area contributed by atoms with Crippen LogP contribution in [0.1, 0.15) is 6.92 Å². The molecule has 0 spiro atoms. The molecule has 23 heavy (non-hydrogen) atoms. The van der Waals surface area contributed by atoms with Gasteiger partial charge in [0.05, 0.1) is 5.25 Å². The number of carbonyl (C=O) groups is 2. The van der Waals surface area contributed by atoms with Crippen molar-refractivity contribution in [2.75, 3.05) is 27.2 Å². The van der Waals surface area contributed by atoms with Crippen LogP contribution in [0.5, 0.6) is 0 Å². The summed E-state index contributed by atoms with van der Waals surface area (Å²) in [6, 6.07) is 8.91. The topological polar surface area (TPSA) is 40.6 Å². The minimum absolute atomic E-state index is 0.556. The summed E-state index contributed by atoms with van der Waals surface area (Å²) in [6.45, 7) is -0.500. The minimum Gasteiger partial charge on any atom is -0.347 e. The molecule has 0 radical (unpaired) electrons. The summed E-state index contributed by atoms with van der Waals surface area (Å²) in [6.07, 6.45) is -4.56. The molecular weight excluding hydrogens is 329 g/mol. The van der Waals surface area contributed by atoms with Gasteiger partial charge in [0.2, 0.25) is 11.8 Å². The van der Waals surface area contributed by atoms with Crippen molar-refractivity contribution < 1.29 is 22.8 Å². The molecule has 0 aromatic heterocycles. The van der Waals surface area contributed by atoms with E-state index < -0.39 is 36.3 Å². The Balaban J connectivity index is 2.82. The Kier molecular flexibility index (Phi) is 6.93. The number of nitrogens with zero attached hydrogens (tertiary/aromatic N) is 2. The standard InChI is InChI=1S/C15H19F3N2O2S/c1-11(23-12-7-5-4-6-8-12)14(22)20(10-15(16,17)18)9-13(21)19(2)3/h4-8,11H,9-10H2,1-3H3. The minimum atomic E-state index is -4.56. The van der Waals surface area contributed by atoms with Crippen molar-refractivity contribution in [1.29, 1.82) is 0 Å². The summed E-state index contributed by atoms with van der Waals surface area (Å²) in [5.74, 6) is -1.27. The molecule has 0 aliphatic rings. The summed E-state index contributed by atoms with van der Waals surface area (Å²) >= 11 is 1.16. The molecule has 0 aliphatic carbocycles. The summed E-state index contributed by atoms with van der Waals surface area (Å²) in [5, 5.41) is -0.727. The van der Waals surface area contributed by atoms with Crippen LogP contribution in [0.3, 0.4) is 0 Å². The van der Waals surface area contributed by atoms with Gasteiger partial charge in [-0.2, -0.15) is 13.2 Å². The molecule has 0 fully saturated rings. The lowest BCUT2D eigenvalue weighted by molar-refractivity contribution is -0.163. The second-order valence-corrected chi connectivity index (χ2v) is 6.58. The number of hydrogen-bond acceptors (Lipinski definition) is 3. The first-order valence-corrected chi connectivity index (χ1v) is 7.75. The molecule has 4 nitrogen and oxygen atoms in total. The number of carbonyl (C=O) groups excluding carboxylic acids is 2. The Labute approximate surface area is 137 Å². The highest BCUT2D eigenvalue weighted by molar-refractivity contribution is 8.00. The normalized spacial score (nSPS) is 12.6. The van der Waals surface area contributed by atoms with Gasteiger partial charge in [0.25, 0.3) is 0 Å². The van der Waals surface area contributed by atoms with E-state index >= 15 is 0 Å². The number of likely N-dealkylation sites (N-methyl/N-ethyl adjacent to an activating group) is 1. The third-order valence-electron chi connectivity index (χ3n) is 2.91. The van der Waals surface area contributed by atoms with E-state index in [0.29, 0.717) is 4.90 Å². The number of thioether (sulfide) groups is 1. The fourth-order valence-corrected chi connectivity index (χ4v) is 2.72. The largest absolute Gasteiger partial charge is 0.406 e. The van der Waals surface area contributed by atoms with Gasteiger partial charge in [-0.05, 0) is 19.1 Å². The van der Waals surface area contributed by atoms with Crippen molar-refractivity contribution in [3.05, 3.63) is 30.3 Å². The maximum absolute atomic E-state index is 12.7. The highest BCUT2D eigenvalue weighted by Gasteiger charge is 2.35. The first-order valence-electron chi connectivity index (χ1n) is 6.87. The predicted octanol–water partition coefficient (Wildman–Crippen LogP) is 2.65. The zero-order valence-corrected chi connectivity index (χ0v) is 13.9. The number of halogens is 3. The van der Waals surface area contributed by atoms with Crippen molar-refractivity contribution in [2.24, 2.45) is 0 Å². The molecule has 0 N–H and O–H groups in total. The maximum Gasteiger partial charge on any atom is 0.406 e. The van der Waals surface area contributed by atoms with Gasteiger partial charge >= 0.3 is 6.18 Å². The Bertz CT molecular complexity index is 535. The van der Waals surface area contributed by atoms with Gasteiger partial charge in [0.1, 0.15) is 13.1 Å². The third kappa shape index (κ3) is 6.94. The van der Waals surface area contributed by atoms with Crippen LogP contribution >= 0.6 is 11.8 Å². The molecule has 1 rings (SSSR count). The van der Waals surface area contributed by atoms with Crippen LogP contribution in [-0.2, 0) is 9.59 Å². The zero-order valence-electron chi connectivity index (χ0n) is 13.1. The SMILES string of the molecule is CC(Sc1ccccc1)C(=O)N(CC(=O)N(C)C)CC(F)(F)F. The van der Waals surface area contributed by atoms with Gasteiger partial charge in [0.15, 0.2) is 0 Å². The Morgan fingerprint density at radius 1 is 1.17 bits per heavy atom. The second kappa shape index (κ2) is 8.24. The van der Waals surface area contributed by atoms with Gasteiger partial charge in [0, 0.05) is 19.0 Å². The molecular formula is C15H19F3N2O2S. The first-order chi connectivity index (χ1) is 10.6. The first kappa shape index (κ1) is 19.3. The average molecular weight is 348 g/mol. The van der Waals surface area contributed by atoms with Gasteiger partial charge in [-0.15, -0.1) is 11.8 Å². The van der Waals surface area contributed by atoms with Crippen molar-refractivity contribution in [3.8, 4) is 0 Å². The molecule has 0 saturated heterocycles. The number of amides is 2. The quantitative estimate of drug-likeness (QED) is 0.742.